The average Bonchev–Trinajstić information content (AvgIpc) is 3.10. The Morgan fingerprint density at radius 2 is 2.00 bits per heavy atom. The summed E-state index contributed by atoms with van der Waals surface area (Å²) >= 11 is 6.02. The minimum atomic E-state index is 0.646. The molecule has 0 saturated carbocycles. The molecule has 0 saturated heterocycles. The molecule has 0 aliphatic carbocycles. The fraction of sp³-hybridized carbons (Fsp3) is 0.0714. The van der Waals surface area contributed by atoms with Crippen molar-refractivity contribution in [3.63, 3.8) is 0 Å². The highest BCUT2D eigenvalue weighted by atomic mass is 35.5. The number of furan rings is 1. The number of hydrogen-bond acceptors (Lipinski definition) is 4. The van der Waals surface area contributed by atoms with Crippen molar-refractivity contribution in [2.24, 2.45) is 5.10 Å². The Labute approximate surface area is 120 Å². The van der Waals surface area contributed by atoms with Gasteiger partial charge in [-0.2, -0.15) is 5.10 Å². The number of benzene rings is 1. The lowest BCUT2D eigenvalue weighted by atomic mass is 10.1. The van der Waals surface area contributed by atoms with Crippen molar-refractivity contribution < 1.29 is 4.42 Å². The molecule has 2 heterocycles. The number of aryl methyl sites for hydroxylation is 1. The third kappa shape index (κ3) is 2.62. The molecule has 6 heteroatoms. The lowest BCUT2D eigenvalue weighted by Crippen LogP contribution is -1.85. The second kappa shape index (κ2) is 5.30. The molecule has 5 nitrogen and oxygen atoms in total. The van der Waals surface area contributed by atoms with Crippen molar-refractivity contribution >= 4 is 17.8 Å². The Kier molecular flexibility index (Phi) is 3.35. The zero-order chi connectivity index (χ0) is 13.9. The molecule has 0 aliphatic rings. The smallest absolute Gasteiger partial charge is 0.147 e. The van der Waals surface area contributed by atoms with Gasteiger partial charge in [0, 0.05) is 10.6 Å². The third-order valence-electron chi connectivity index (χ3n) is 2.82. The molecule has 0 unspecified atom stereocenters. The summed E-state index contributed by atoms with van der Waals surface area (Å²) in [4.78, 5) is 0. The van der Waals surface area contributed by atoms with Crippen molar-refractivity contribution in [2.45, 2.75) is 6.92 Å². The molecular weight excluding hydrogens is 276 g/mol. The van der Waals surface area contributed by atoms with E-state index in [0.29, 0.717) is 10.8 Å². The third-order valence-corrected chi connectivity index (χ3v) is 3.05. The van der Waals surface area contributed by atoms with Crippen LogP contribution in [0.2, 0.25) is 5.02 Å². The van der Waals surface area contributed by atoms with Gasteiger partial charge in [-0.3, -0.25) is 0 Å². The van der Waals surface area contributed by atoms with E-state index >= 15 is 0 Å². The maximum atomic E-state index is 6.02. The van der Waals surface area contributed by atoms with Crippen LogP contribution in [0.3, 0.4) is 0 Å². The maximum absolute atomic E-state index is 6.02. The summed E-state index contributed by atoms with van der Waals surface area (Å²) in [6.07, 6.45) is 4.61. The molecular formula is C14H11ClN4O. The first kappa shape index (κ1) is 12.6. The fourth-order valence-corrected chi connectivity index (χ4v) is 1.98. The first-order valence-corrected chi connectivity index (χ1v) is 6.35. The first-order valence-electron chi connectivity index (χ1n) is 5.98. The summed E-state index contributed by atoms with van der Waals surface area (Å²) in [5.41, 5.74) is 2.08. The van der Waals surface area contributed by atoms with E-state index in [2.05, 4.69) is 15.3 Å². The monoisotopic (exact) mass is 286 g/mol. The van der Waals surface area contributed by atoms with Gasteiger partial charge >= 0.3 is 0 Å². The van der Waals surface area contributed by atoms with Crippen LogP contribution < -0.4 is 0 Å². The Balaban J connectivity index is 1.88. The zero-order valence-electron chi connectivity index (χ0n) is 10.7. The van der Waals surface area contributed by atoms with Gasteiger partial charge < -0.3 is 4.42 Å². The van der Waals surface area contributed by atoms with E-state index in [0.717, 1.165) is 16.9 Å². The Hall–Kier alpha value is -2.40. The number of hydrogen-bond donors (Lipinski definition) is 0. The fourth-order valence-electron chi connectivity index (χ4n) is 1.81. The average molecular weight is 287 g/mol. The van der Waals surface area contributed by atoms with Crippen molar-refractivity contribution in [2.75, 3.05) is 0 Å². The maximum Gasteiger partial charge on any atom is 0.147 e. The van der Waals surface area contributed by atoms with Gasteiger partial charge in [0.05, 0.1) is 6.21 Å². The highest BCUT2D eigenvalue weighted by Gasteiger charge is 2.07. The Morgan fingerprint density at radius 3 is 2.80 bits per heavy atom. The van der Waals surface area contributed by atoms with Crippen LogP contribution in [0.1, 0.15) is 11.3 Å². The predicted molar refractivity (Wildman–Crippen MR) is 76.9 cm³/mol. The van der Waals surface area contributed by atoms with Crippen LogP contribution in [-0.4, -0.2) is 21.1 Å². The highest BCUT2D eigenvalue weighted by molar-refractivity contribution is 6.30. The quantitative estimate of drug-likeness (QED) is 0.694. The number of rotatable bonds is 3. The number of halogens is 1. The molecule has 0 spiro atoms. The van der Waals surface area contributed by atoms with Crippen LogP contribution in [0.15, 0.2) is 52.5 Å². The van der Waals surface area contributed by atoms with Crippen LogP contribution in [-0.2, 0) is 0 Å². The van der Waals surface area contributed by atoms with Gasteiger partial charge in [0.25, 0.3) is 0 Å². The summed E-state index contributed by atoms with van der Waals surface area (Å²) in [5.74, 6) is 1.41. The normalized spacial score (nSPS) is 11.3. The van der Waals surface area contributed by atoms with Gasteiger partial charge in [-0.25, -0.2) is 4.68 Å². The molecule has 0 aliphatic heterocycles. The van der Waals surface area contributed by atoms with Gasteiger partial charge in [0.2, 0.25) is 0 Å². The second-order valence-corrected chi connectivity index (χ2v) is 4.68. The van der Waals surface area contributed by atoms with E-state index in [1.165, 1.54) is 17.3 Å². The molecule has 100 valence electrons. The van der Waals surface area contributed by atoms with Crippen LogP contribution in [0.25, 0.3) is 11.3 Å². The van der Waals surface area contributed by atoms with Gasteiger partial charge in [-0.05, 0) is 36.8 Å². The molecule has 0 fully saturated rings. The zero-order valence-corrected chi connectivity index (χ0v) is 11.4. The summed E-state index contributed by atoms with van der Waals surface area (Å²) in [5, 5.41) is 12.1. The molecule has 3 rings (SSSR count). The van der Waals surface area contributed by atoms with Crippen molar-refractivity contribution in [1.82, 2.24) is 14.9 Å². The summed E-state index contributed by atoms with van der Waals surface area (Å²) in [7, 11) is 0. The molecule has 0 N–H and O–H groups in total. The van der Waals surface area contributed by atoms with E-state index in [4.69, 9.17) is 16.0 Å². The molecule has 20 heavy (non-hydrogen) atoms. The van der Waals surface area contributed by atoms with Gasteiger partial charge in [-0.1, -0.05) is 17.7 Å². The molecule has 0 bridgehead atoms. The van der Waals surface area contributed by atoms with E-state index in [1.807, 2.05) is 37.3 Å². The van der Waals surface area contributed by atoms with Crippen molar-refractivity contribution in [1.29, 1.82) is 0 Å². The minimum Gasteiger partial charge on any atom is -0.455 e. The standard InChI is InChI=1S/C14H11ClN4O/c1-10-2-3-11(15)6-13(10)14-5-4-12(20-14)7-18-19-8-16-17-9-19/h2-9H,1H3/b18-7+. The summed E-state index contributed by atoms with van der Waals surface area (Å²) < 4.78 is 7.23. The topological polar surface area (TPSA) is 56.2 Å². The second-order valence-electron chi connectivity index (χ2n) is 4.25. The van der Waals surface area contributed by atoms with Gasteiger partial charge in [-0.15, -0.1) is 10.2 Å². The summed E-state index contributed by atoms with van der Waals surface area (Å²) in [6, 6.07) is 9.45. The van der Waals surface area contributed by atoms with Crippen molar-refractivity contribution in [3.05, 3.63) is 59.3 Å². The first-order chi connectivity index (χ1) is 9.72. The highest BCUT2D eigenvalue weighted by Crippen LogP contribution is 2.27. The van der Waals surface area contributed by atoms with Crippen molar-refractivity contribution in [3.8, 4) is 11.3 Å². The van der Waals surface area contributed by atoms with Gasteiger partial charge in [0.15, 0.2) is 0 Å². The van der Waals surface area contributed by atoms with Crippen LogP contribution >= 0.6 is 11.6 Å². The van der Waals surface area contributed by atoms with E-state index in [9.17, 15) is 0 Å². The number of nitrogens with zero attached hydrogens (tertiary/aromatic N) is 4. The van der Waals surface area contributed by atoms with Gasteiger partial charge in [0.1, 0.15) is 24.2 Å². The SMILES string of the molecule is Cc1ccc(Cl)cc1-c1ccc(/C=N/n2cnnc2)o1. The molecule has 3 aromatic rings. The Bertz CT molecular complexity index is 746. The molecule has 0 radical (unpaired) electrons. The minimum absolute atomic E-state index is 0.646. The van der Waals surface area contributed by atoms with E-state index in [-0.39, 0.29) is 0 Å². The van der Waals surface area contributed by atoms with Crippen LogP contribution in [0, 0.1) is 6.92 Å². The van der Waals surface area contributed by atoms with E-state index < -0.39 is 0 Å². The molecule has 0 atom stereocenters. The molecule has 1 aromatic carbocycles. The summed E-state index contributed by atoms with van der Waals surface area (Å²) in [6.45, 7) is 2.01. The predicted octanol–water partition coefficient (Wildman–Crippen LogP) is 3.38. The van der Waals surface area contributed by atoms with Crippen LogP contribution in [0.5, 0.6) is 0 Å². The van der Waals surface area contributed by atoms with E-state index in [1.54, 1.807) is 6.21 Å². The lowest BCUT2D eigenvalue weighted by molar-refractivity contribution is 0.574. The molecule has 2 aromatic heterocycles. The van der Waals surface area contributed by atoms with Crippen LogP contribution in [0.4, 0.5) is 0 Å². The largest absolute Gasteiger partial charge is 0.455 e. The Morgan fingerprint density at radius 1 is 1.20 bits per heavy atom. The lowest BCUT2D eigenvalue weighted by Gasteiger charge is -2.02. The number of aromatic nitrogens is 3. The molecule has 0 amide bonds.